The van der Waals surface area contributed by atoms with Crippen LogP contribution in [-0.2, 0) is 9.53 Å². The zero-order valence-corrected chi connectivity index (χ0v) is 16.0. The van der Waals surface area contributed by atoms with Crippen LogP contribution in [0.25, 0.3) is 10.9 Å². The van der Waals surface area contributed by atoms with Gasteiger partial charge in [0, 0.05) is 28.6 Å². The molecular weight excluding hydrogens is 342 g/mol. The minimum absolute atomic E-state index is 0.0808. The summed E-state index contributed by atoms with van der Waals surface area (Å²) in [6.45, 7) is 3.26. The van der Waals surface area contributed by atoms with Gasteiger partial charge in [-0.2, -0.15) is 0 Å². The second-order valence-electron chi connectivity index (χ2n) is 7.71. The Morgan fingerprint density at radius 2 is 2.19 bits per heavy atom. The summed E-state index contributed by atoms with van der Waals surface area (Å²) >= 11 is 0. The van der Waals surface area contributed by atoms with E-state index in [1.165, 1.54) is 36.6 Å². The standard InChI is InChI=1S/C21H27N3O3/c1-3-17-14(12-16(23-26)21(25)27-2)19-13-8-4-5-9-15(13)22-20(19)18-10-6-7-11-24(17)18/h4-5,8-9,14,16-18,22H,3,6-7,10-12H2,1-2H3. The van der Waals surface area contributed by atoms with Crippen LogP contribution in [0.1, 0.15) is 62.2 Å². The van der Waals surface area contributed by atoms with E-state index in [1.54, 1.807) is 0 Å². The number of rotatable bonds is 5. The van der Waals surface area contributed by atoms with Gasteiger partial charge in [-0.05, 0) is 43.9 Å². The first kappa shape index (κ1) is 18.2. The third-order valence-corrected chi connectivity index (χ3v) is 6.41. The molecule has 1 aromatic heterocycles. The van der Waals surface area contributed by atoms with Crippen LogP contribution in [0.15, 0.2) is 29.4 Å². The van der Waals surface area contributed by atoms with Crippen LogP contribution in [0.4, 0.5) is 0 Å². The van der Waals surface area contributed by atoms with Crippen LogP contribution in [0.3, 0.4) is 0 Å². The van der Waals surface area contributed by atoms with E-state index in [0.29, 0.717) is 18.5 Å². The van der Waals surface area contributed by atoms with Crippen molar-refractivity contribution >= 4 is 16.9 Å². The maximum atomic E-state index is 12.1. The van der Waals surface area contributed by atoms with E-state index in [-0.39, 0.29) is 5.92 Å². The molecule has 27 heavy (non-hydrogen) atoms. The molecule has 6 nitrogen and oxygen atoms in total. The van der Waals surface area contributed by atoms with Crippen molar-refractivity contribution < 1.29 is 9.53 Å². The quantitative estimate of drug-likeness (QED) is 0.631. The van der Waals surface area contributed by atoms with Gasteiger partial charge >= 0.3 is 5.97 Å². The van der Waals surface area contributed by atoms with Crippen LogP contribution in [0, 0.1) is 4.91 Å². The Balaban J connectivity index is 1.85. The molecule has 0 saturated carbocycles. The molecule has 4 unspecified atom stereocenters. The van der Waals surface area contributed by atoms with E-state index >= 15 is 0 Å². The highest BCUT2D eigenvalue weighted by molar-refractivity contribution is 5.86. The van der Waals surface area contributed by atoms with E-state index in [2.05, 4.69) is 40.2 Å². The molecule has 0 aliphatic carbocycles. The summed E-state index contributed by atoms with van der Waals surface area (Å²) in [6, 6.07) is 8.08. The molecule has 144 valence electrons. The summed E-state index contributed by atoms with van der Waals surface area (Å²) in [6.07, 6.45) is 4.95. The van der Waals surface area contributed by atoms with Gasteiger partial charge in [0.25, 0.3) is 0 Å². The molecule has 1 aromatic carbocycles. The van der Waals surface area contributed by atoms with Crippen molar-refractivity contribution in [2.24, 2.45) is 5.18 Å². The molecule has 0 radical (unpaired) electrons. The smallest absolute Gasteiger partial charge is 0.334 e. The van der Waals surface area contributed by atoms with E-state index in [1.807, 2.05) is 6.07 Å². The van der Waals surface area contributed by atoms with E-state index in [9.17, 15) is 9.70 Å². The van der Waals surface area contributed by atoms with Crippen molar-refractivity contribution in [1.29, 1.82) is 0 Å². The van der Waals surface area contributed by atoms with Gasteiger partial charge in [-0.15, -0.1) is 4.91 Å². The number of ether oxygens (including phenoxy) is 1. The number of aromatic amines is 1. The monoisotopic (exact) mass is 369 g/mol. The van der Waals surface area contributed by atoms with Gasteiger partial charge in [0.1, 0.15) is 0 Å². The van der Waals surface area contributed by atoms with Gasteiger partial charge < -0.3 is 9.72 Å². The molecule has 3 heterocycles. The first-order valence-corrected chi connectivity index (χ1v) is 9.96. The van der Waals surface area contributed by atoms with Gasteiger partial charge in [-0.1, -0.05) is 36.7 Å². The number of nitrogens with one attached hydrogen (secondary N) is 1. The Bertz CT molecular complexity index is 846. The molecule has 2 aliphatic heterocycles. The number of methoxy groups -OCH3 is 1. The molecule has 0 spiro atoms. The molecule has 0 bridgehead atoms. The Labute approximate surface area is 159 Å². The number of esters is 1. The SMILES string of the molecule is CCC1C(CC(N=O)C(=O)OC)c2c([nH]c3ccccc23)C2CCCCN21. The molecule has 4 atom stereocenters. The normalized spacial score (nSPS) is 26.2. The zero-order valence-electron chi connectivity index (χ0n) is 16.0. The number of hydrogen-bond acceptors (Lipinski definition) is 5. The predicted octanol–water partition coefficient (Wildman–Crippen LogP) is 4.27. The molecule has 1 saturated heterocycles. The highest BCUT2D eigenvalue weighted by Crippen LogP contribution is 2.49. The Kier molecular flexibility index (Phi) is 5.00. The maximum Gasteiger partial charge on any atom is 0.334 e. The fourth-order valence-electron chi connectivity index (χ4n) is 5.28. The number of H-pyrrole nitrogens is 1. The molecule has 2 aromatic rings. The number of carbonyl (C=O) groups excluding carboxylic acids is 1. The third kappa shape index (κ3) is 2.96. The molecular formula is C21H27N3O3. The average molecular weight is 369 g/mol. The number of hydrogen-bond donors (Lipinski definition) is 1. The van der Waals surface area contributed by atoms with Crippen molar-refractivity contribution in [3.8, 4) is 0 Å². The predicted molar refractivity (Wildman–Crippen MR) is 105 cm³/mol. The van der Waals surface area contributed by atoms with Crippen LogP contribution in [0.2, 0.25) is 0 Å². The van der Waals surface area contributed by atoms with Crippen LogP contribution in [-0.4, -0.2) is 41.6 Å². The van der Waals surface area contributed by atoms with Crippen molar-refractivity contribution in [2.45, 2.75) is 63.1 Å². The minimum Gasteiger partial charge on any atom is -0.467 e. The Morgan fingerprint density at radius 1 is 1.37 bits per heavy atom. The lowest BCUT2D eigenvalue weighted by molar-refractivity contribution is -0.142. The van der Waals surface area contributed by atoms with E-state index in [4.69, 9.17) is 4.74 Å². The largest absolute Gasteiger partial charge is 0.467 e. The van der Waals surface area contributed by atoms with Gasteiger partial charge in [0.15, 0.2) is 6.04 Å². The van der Waals surface area contributed by atoms with Crippen molar-refractivity contribution in [1.82, 2.24) is 9.88 Å². The topological polar surface area (TPSA) is 74.8 Å². The summed E-state index contributed by atoms with van der Waals surface area (Å²) in [7, 11) is 1.32. The molecule has 1 N–H and O–H groups in total. The van der Waals surface area contributed by atoms with Crippen LogP contribution in [0.5, 0.6) is 0 Å². The highest BCUT2D eigenvalue weighted by atomic mass is 16.5. The molecule has 6 heteroatoms. The van der Waals surface area contributed by atoms with Gasteiger partial charge in [0.2, 0.25) is 0 Å². The first-order chi connectivity index (χ1) is 13.2. The lowest BCUT2D eigenvalue weighted by Gasteiger charge is -2.48. The van der Waals surface area contributed by atoms with Crippen LogP contribution >= 0.6 is 0 Å². The summed E-state index contributed by atoms with van der Waals surface area (Å²) < 4.78 is 4.82. The first-order valence-electron chi connectivity index (χ1n) is 9.96. The van der Waals surface area contributed by atoms with Crippen molar-refractivity contribution in [3.63, 3.8) is 0 Å². The number of nitroso groups, excluding NO2 is 1. The highest BCUT2D eigenvalue weighted by Gasteiger charge is 2.44. The summed E-state index contributed by atoms with van der Waals surface area (Å²) in [5, 5.41) is 4.31. The molecule has 4 rings (SSSR count). The second kappa shape index (κ2) is 7.43. The van der Waals surface area contributed by atoms with E-state index in [0.717, 1.165) is 24.9 Å². The summed E-state index contributed by atoms with van der Waals surface area (Å²) in [5.41, 5.74) is 3.67. The number of carbonyl (C=O) groups is 1. The lowest BCUT2D eigenvalue weighted by Crippen LogP contribution is -2.49. The van der Waals surface area contributed by atoms with Crippen molar-refractivity contribution in [3.05, 3.63) is 40.4 Å². The lowest BCUT2D eigenvalue weighted by atomic mass is 9.75. The van der Waals surface area contributed by atoms with Gasteiger partial charge in [-0.3, -0.25) is 4.90 Å². The number of piperidine rings is 1. The van der Waals surface area contributed by atoms with E-state index < -0.39 is 12.0 Å². The van der Waals surface area contributed by atoms with Gasteiger partial charge in [0.05, 0.1) is 13.2 Å². The maximum absolute atomic E-state index is 12.1. The fraction of sp³-hybridized carbons (Fsp3) is 0.571. The minimum atomic E-state index is -0.961. The fourth-order valence-corrected chi connectivity index (χ4v) is 5.28. The third-order valence-electron chi connectivity index (χ3n) is 6.41. The van der Waals surface area contributed by atoms with Gasteiger partial charge in [-0.25, -0.2) is 4.79 Å². The zero-order chi connectivity index (χ0) is 19.0. The number of fused-ring (bicyclic) bond motifs is 5. The molecule has 0 amide bonds. The molecule has 1 fully saturated rings. The molecule has 2 aliphatic rings. The number of aromatic nitrogens is 1. The Morgan fingerprint density at radius 3 is 2.93 bits per heavy atom. The number of para-hydroxylation sites is 1. The second-order valence-corrected chi connectivity index (χ2v) is 7.71. The van der Waals surface area contributed by atoms with Crippen molar-refractivity contribution in [2.75, 3.05) is 13.7 Å². The van der Waals surface area contributed by atoms with Crippen LogP contribution < -0.4 is 0 Å². The number of benzene rings is 1. The number of nitrogens with zero attached hydrogens (tertiary/aromatic N) is 2. The summed E-state index contributed by atoms with van der Waals surface area (Å²) in [4.78, 5) is 29.7. The summed E-state index contributed by atoms with van der Waals surface area (Å²) in [5.74, 6) is -0.459. The Hall–Kier alpha value is -2.21. The average Bonchev–Trinajstić information content (AvgIpc) is 3.11.